The molecule has 4 heteroatoms. The molecule has 1 fully saturated rings. The number of aliphatic carboxylic acids is 1. The van der Waals surface area contributed by atoms with Crippen molar-refractivity contribution < 1.29 is 19.7 Å². The van der Waals surface area contributed by atoms with E-state index in [-0.39, 0.29) is 0 Å². The number of unbranched alkanes of at least 4 members (excludes halogenated alkanes) is 8. The summed E-state index contributed by atoms with van der Waals surface area (Å²) in [6.45, 7) is 2.22. The predicted octanol–water partition coefficient (Wildman–Crippen LogP) is 5.15. The van der Waals surface area contributed by atoms with E-state index in [1.54, 1.807) is 0 Å². The molecule has 1 heterocycles. The zero-order chi connectivity index (χ0) is 16.1. The maximum atomic E-state index is 10.8. The van der Waals surface area contributed by atoms with Gasteiger partial charge in [-0.05, 0) is 32.1 Å². The Morgan fingerprint density at radius 3 is 2.00 bits per heavy atom. The lowest BCUT2D eigenvalue weighted by Crippen LogP contribution is -2.23. The molecule has 1 aliphatic rings. The van der Waals surface area contributed by atoms with Gasteiger partial charge in [-0.1, -0.05) is 63.3 Å². The van der Waals surface area contributed by atoms with Gasteiger partial charge < -0.3 is 5.11 Å². The largest absolute Gasteiger partial charge is 0.477 e. The van der Waals surface area contributed by atoms with Crippen LogP contribution in [0.5, 0.6) is 0 Å². The molecule has 0 spiro atoms. The molecule has 1 aliphatic heterocycles. The Bertz CT molecular complexity index is 356. The van der Waals surface area contributed by atoms with Gasteiger partial charge in [0.1, 0.15) is 0 Å². The van der Waals surface area contributed by atoms with Gasteiger partial charge in [-0.25, -0.2) is 4.79 Å². The van der Waals surface area contributed by atoms with Gasteiger partial charge in [-0.3, -0.25) is 0 Å². The van der Waals surface area contributed by atoms with Crippen molar-refractivity contribution >= 4 is 5.97 Å². The van der Waals surface area contributed by atoms with Gasteiger partial charge in [-0.2, -0.15) is 9.78 Å². The van der Waals surface area contributed by atoms with E-state index in [1.165, 1.54) is 38.5 Å². The number of hydrogen-bond acceptors (Lipinski definition) is 3. The zero-order valence-electron chi connectivity index (χ0n) is 13.8. The second-order valence-electron chi connectivity index (χ2n) is 5.88. The van der Waals surface area contributed by atoms with Gasteiger partial charge >= 0.3 is 11.8 Å². The zero-order valence-corrected chi connectivity index (χ0v) is 13.8. The first-order valence-electron chi connectivity index (χ1n) is 8.63. The number of allylic oxidation sites excluding steroid dienone is 4. The molecular formula is C18H30O4. The maximum Gasteiger partial charge on any atom is 0.370 e. The summed E-state index contributed by atoms with van der Waals surface area (Å²) < 4.78 is 0. The van der Waals surface area contributed by atoms with Gasteiger partial charge in [0.25, 0.3) is 0 Å². The van der Waals surface area contributed by atoms with E-state index >= 15 is 0 Å². The maximum absolute atomic E-state index is 10.8. The molecule has 4 nitrogen and oxygen atoms in total. The van der Waals surface area contributed by atoms with Crippen LogP contribution >= 0.6 is 0 Å². The van der Waals surface area contributed by atoms with Gasteiger partial charge in [0, 0.05) is 6.42 Å². The SMILES string of the molecule is CCCCC/C=C/C=C/CCCCCCCC1(C(=O)O)OO1. The number of carbonyl (C=O) groups is 1. The highest BCUT2D eigenvalue weighted by atomic mass is 17.4. The molecule has 0 unspecified atom stereocenters. The van der Waals surface area contributed by atoms with E-state index < -0.39 is 11.8 Å². The van der Waals surface area contributed by atoms with Crippen molar-refractivity contribution in [3.63, 3.8) is 0 Å². The summed E-state index contributed by atoms with van der Waals surface area (Å²) in [6, 6.07) is 0. The summed E-state index contributed by atoms with van der Waals surface area (Å²) in [6.07, 6.45) is 20.8. The fourth-order valence-corrected chi connectivity index (χ4v) is 2.32. The average molecular weight is 310 g/mol. The van der Waals surface area contributed by atoms with Crippen molar-refractivity contribution in [2.24, 2.45) is 0 Å². The molecule has 0 aliphatic carbocycles. The summed E-state index contributed by atoms with van der Waals surface area (Å²) in [5.74, 6) is -2.33. The Morgan fingerprint density at radius 1 is 0.909 bits per heavy atom. The Balaban J connectivity index is 1.84. The Hall–Kier alpha value is -1.13. The third kappa shape index (κ3) is 8.35. The number of carboxylic acid groups (broad SMARTS) is 1. The number of carboxylic acids is 1. The molecule has 0 atom stereocenters. The summed E-state index contributed by atoms with van der Waals surface area (Å²) in [4.78, 5) is 19.9. The second kappa shape index (κ2) is 11.4. The average Bonchev–Trinajstić information content (AvgIpc) is 3.29. The van der Waals surface area contributed by atoms with Gasteiger partial charge in [0.2, 0.25) is 0 Å². The van der Waals surface area contributed by atoms with Crippen LogP contribution in [0, 0.1) is 0 Å². The summed E-state index contributed by atoms with van der Waals surface area (Å²) in [5.41, 5.74) is 0. The van der Waals surface area contributed by atoms with Crippen LogP contribution in [0.15, 0.2) is 24.3 Å². The van der Waals surface area contributed by atoms with E-state index in [9.17, 15) is 4.79 Å². The first-order chi connectivity index (χ1) is 10.7. The topological polar surface area (TPSA) is 62.4 Å². The second-order valence-corrected chi connectivity index (χ2v) is 5.88. The molecule has 1 N–H and O–H groups in total. The summed E-state index contributed by atoms with van der Waals surface area (Å²) in [5, 5.41) is 8.84. The molecule has 1 saturated heterocycles. The standard InChI is InChI=1S/C18H30O4/c1-2-3-4-5-6-7-8-9-10-11-12-13-14-15-16-18(17(19)20)21-22-18/h6-9H,2-5,10-16H2,1H3,(H,19,20)/b7-6+,9-8+. The number of hydrogen-bond donors (Lipinski definition) is 1. The molecule has 0 amide bonds. The van der Waals surface area contributed by atoms with Crippen LogP contribution in [0.3, 0.4) is 0 Å². The molecule has 0 aromatic heterocycles. The van der Waals surface area contributed by atoms with Crippen molar-refractivity contribution in [3.05, 3.63) is 24.3 Å². The lowest BCUT2D eigenvalue weighted by Gasteiger charge is -2.02. The van der Waals surface area contributed by atoms with Gasteiger partial charge in [0.15, 0.2) is 0 Å². The minimum atomic E-state index is -1.31. The molecule has 0 bridgehead atoms. The van der Waals surface area contributed by atoms with E-state index in [0.717, 1.165) is 25.7 Å². The van der Waals surface area contributed by atoms with Crippen molar-refractivity contribution in [3.8, 4) is 0 Å². The van der Waals surface area contributed by atoms with Gasteiger partial charge in [-0.15, -0.1) is 0 Å². The van der Waals surface area contributed by atoms with Crippen LogP contribution in [0.2, 0.25) is 0 Å². The number of rotatable bonds is 14. The Kier molecular flexibility index (Phi) is 9.84. The van der Waals surface area contributed by atoms with Crippen LogP contribution in [0.1, 0.15) is 77.6 Å². The highest BCUT2D eigenvalue weighted by Gasteiger charge is 2.56. The van der Waals surface area contributed by atoms with Crippen LogP contribution < -0.4 is 0 Å². The highest BCUT2D eigenvalue weighted by Crippen LogP contribution is 2.35. The molecule has 22 heavy (non-hydrogen) atoms. The fourth-order valence-electron chi connectivity index (χ4n) is 2.32. The summed E-state index contributed by atoms with van der Waals surface area (Å²) in [7, 11) is 0. The smallest absolute Gasteiger partial charge is 0.370 e. The summed E-state index contributed by atoms with van der Waals surface area (Å²) >= 11 is 0. The monoisotopic (exact) mass is 310 g/mol. The van der Waals surface area contributed by atoms with Crippen molar-refractivity contribution in [1.82, 2.24) is 0 Å². The minimum absolute atomic E-state index is 0.449. The van der Waals surface area contributed by atoms with E-state index in [2.05, 4.69) is 41.0 Å². The molecule has 0 aromatic rings. The molecule has 1 rings (SSSR count). The molecule has 0 aromatic carbocycles. The quantitative estimate of drug-likeness (QED) is 0.208. The van der Waals surface area contributed by atoms with Crippen LogP contribution in [-0.2, 0) is 14.6 Å². The highest BCUT2D eigenvalue weighted by molar-refractivity contribution is 5.76. The lowest BCUT2D eigenvalue weighted by molar-refractivity contribution is -0.144. The van der Waals surface area contributed by atoms with Crippen LogP contribution in [0.4, 0.5) is 0 Å². The molecular weight excluding hydrogens is 280 g/mol. The third-order valence-corrected chi connectivity index (χ3v) is 3.84. The van der Waals surface area contributed by atoms with Crippen molar-refractivity contribution in [2.45, 2.75) is 83.3 Å². The van der Waals surface area contributed by atoms with Crippen molar-refractivity contribution in [1.29, 1.82) is 0 Å². The molecule has 126 valence electrons. The van der Waals surface area contributed by atoms with Crippen molar-refractivity contribution in [2.75, 3.05) is 0 Å². The van der Waals surface area contributed by atoms with E-state index in [4.69, 9.17) is 5.11 Å². The van der Waals surface area contributed by atoms with E-state index in [0.29, 0.717) is 6.42 Å². The van der Waals surface area contributed by atoms with Gasteiger partial charge in [0.05, 0.1) is 0 Å². The first-order valence-corrected chi connectivity index (χ1v) is 8.63. The molecule has 0 saturated carbocycles. The first kappa shape index (κ1) is 18.9. The minimum Gasteiger partial charge on any atom is -0.477 e. The Labute approximate surface area is 134 Å². The van der Waals surface area contributed by atoms with Crippen LogP contribution in [0.25, 0.3) is 0 Å². The molecule has 0 radical (unpaired) electrons. The van der Waals surface area contributed by atoms with Crippen LogP contribution in [-0.4, -0.2) is 16.9 Å². The van der Waals surface area contributed by atoms with E-state index in [1.807, 2.05) is 0 Å². The normalized spacial score (nSPS) is 16.6. The predicted molar refractivity (Wildman–Crippen MR) is 87.3 cm³/mol. The Morgan fingerprint density at radius 2 is 1.45 bits per heavy atom. The fraction of sp³-hybridized carbons (Fsp3) is 0.722. The lowest BCUT2D eigenvalue weighted by atomic mass is 10.1. The third-order valence-electron chi connectivity index (χ3n) is 3.84.